The Labute approximate surface area is 606 Å². The van der Waals surface area contributed by atoms with E-state index in [-0.39, 0.29) is 42.2 Å². The number of pyridine rings is 3. The van der Waals surface area contributed by atoms with Crippen LogP contribution in [0.4, 0.5) is 43.2 Å². The quantitative estimate of drug-likeness (QED) is 0.0475. The summed E-state index contributed by atoms with van der Waals surface area (Å²) in [4.78, 5) is 99.3. The molecule has 3 aliphatic rings. The molecule has 0 saturated carbocycles. The summed E-state index contributed by atoms with van der Waals surface area (Å²) < 4.78 is 16.4. The molecule has 7 aromatic carbocycles. The number of hydrogen-bond acceptors (Lipinski definition) is 17. The van der Waals surface area contributed by atoms with E-state index in [1.54, 1.807) is 54.8 Å². The van der Waals surface area contributed by atoms with Crippen LogP contribution in [0.5, 0.6) is 0 Å². The van der Waals surface area contributed by atoms with E-state index in [2.05, 4.69) is 48.5 Å². The Morgan fingerprint density at radius 2 is 0.808 bits per heavy atom. The molecule has 104 heavy (non-hydrogen) atoms. The second-order valence-electron chi connectivity index (χ2n) is 29.0. The monoisotopic (exact) mass is 1400 g/mol. The lowest BCUT2D eigenvalue weighted by atomic mass is 9.96. The van der Waals surface area contributed by atoms with Crippen molar-refractivity contribution in [3.63, 3.8) is 0 Å². The summed E-state index contributed by atoms with van der Waals surface area (Å²) in [6.45, 7) is 25.3. The zero-order valence-electron chi connectivity index (χ0n) is 60.6. The predicted octanol–water partition coefficient (Wildman–Crippen LogP) is 15.0. The first kappa shape index (κ1) is 73.8. The Balaban J connectivity index is 0.000000163. The fraction of sp³-hybridized carbons (Fsp3) is 0.313. The highest BCUT2D eigenvalue weighted by Gasteiger charge is 2.29. The number of piperazine rings is 3. The van der Waals surface area contributed by atoms with E-state index in [4.69, 9.17) is 35.0 Å². The molecule has 0 aliphatic carbocycles. The number of carbonyl (C=O) groups excluding carboxylic acids is 5. The van der Waals surface area contributed by atoms with Crippen molar-refractivity contribution < 1.29 is 48.1 Å². The number of aromatic carboxylic acids is 1. The maximum absolute atomic E-state index is 13.6. The number of amides is 3. The molecular formula is C83H91N11O10. The lowest BCUT2D eigenvalue weighted by molar-refractivity contribution is 0.0230. The van der Waals surface area contributed by atoms with Crippen molar-refractivity contribution in [1.82, 2.24) is 30.1 Å². The van der Waals surface area contributed by atoms with E-state index in [0.717, 1.165) is 104 Å². The van der Waals surface area contributed by atoms with Gasteiger partial charge in [0.15, 0.2) is 11.6 Å². The van der Waals surface area contributed by atoms with Gasteiger partial charge in [0.1, 0.15) is 34.3 Å². The minimum atomic E-state index is -0.950. The second-order valence-corrected chi connectivity index (χ2v) is 29.0. The maximum atomic E-state index is 13.6. The van der Waals surface area contributed by atoms with Gasteiger partial charge < -0.3 is 54.9 Å². The van der Waals surface area contributed by atoms with Crippen LogP contribution in [0.25, 0.3) is 55.0 Å². The summed E-state index contributed by atoms with van der Waals surface area (Å²) in [5.41, 5.74) is 15.3. The second kappa shape index (κ2) is 32.3. The number of Topliss-reactive ketones (excluding diaryl/α,β-unsaturated/α-hetero) is 2. The number of carboxylic acids is 1. The molecule has 3 fully saturated rings. The number of benzene rings is 7. The third-order valence-corrected chi connectivity index (χ3v) is 17.7. The minimum Gasteiger partial charge on any atom is -0.478 e. The number of rotatable bonds is 13. The summed E-state index contributed by atoms with van der Waals surface area (Å²) in [5, 5.41) is 17.9. The van der Waals surface area contributed by atoms with E-state index < -0.39 is 28.9 Å². The first-order valence-electron chi connectivity index (χ1n) is 35.2. The van der Waals surface area contributed by atoms with Crippen LogP contribution in [0.1, 0.15) is 105 Å². The van der Waals surface area contributed by atoms with Gasteiger partial charge >= 0.3 is 24.2 Å². The first-order valence-corrected chi connectivity index (χ1v) is 35.2. The number of nitrogens with one attached hydrogen (secondary N) is 2. The molecule has 21 heteroatoms. The molecule has 538 valence electrons. The fourth-order valence-corrected chi connectivity index (χ4v) is 12.3. The molecule has 3 saturated heterocycles. The van der Waals surface area contributed by atoms with Crippen molar-refractivity contribution in [2.24, 2.45) is 0 Å². The summed E-state index contributed by atoms with van der Waals surface area (Å²) in [7, 11) is 0. The number of carboxylic acid groups (broad SMARTS) is 1. The van der Waals surface area contributed by atoms with E-state index >= 15 is 0 Å². The molecule has 10 aromatic rings. The number of nitrogens with two attached hydrogens (primary N) is 1. The molecule has 3 aromatic heterocycles. The molecule has 6 heterocycles. The predicted molar refractivity (Wildman–Crippen MR) is 411 cm³/mol. The van der Waals surface area contributed by atoms with Crippen LogP contribution in [0.2, 0.25) is 0 Å². The minimum absolute atomic E-state index is 0.0509. The van der Waals surface area contributed by atoms with Gasteiger partial charge in [0.2, 0.25) is 0 Å². The zero-order chi connectivity index (χ0) is 73.9. The molecule has 5 N–H and O–H groups in total. The van der Waals surface area contributed by atoms with Gasteiger partial charge in [-0.05, 0) is 211 Å². The molecule has 0 spiro atoms. The fourth-order valence-electron chi connectivity index (χ4n) is 12.3. The molecule has 3 amide bonds. The van der Waals surface area contributed by atoms with Crippen molar-refractivity contribution in [2.45, 2.75) is 92.0 Å². The Morgan fingerprint density at radius 3 is 1.23 bits per heavy atom. The van der Waals surface area contributed by atoms with E-state index in [9.17, 15) is 28.8 Å². The highest BCUT2D eigenvalue weighted by Crippen LogP contribution is 2.31. The molecule has 13 rings (SSSR count). The standard InChI is InChI=1S/C37H42N4O5.C27H26N4O.C19H23N3O4/c1-36(2,3)45-34(43)39-31-15-12-26(25-10-8-7-9-11-25)22-29(31)24-32(42)28-13-16-30-27(23-28)14-17-33(38-30)40-18-20-41(21-19-40)35(44)46-37(4,5)6;28-24-9-6-20(19-4-2-1-3-5-19)16-23(24)18-26(32)22-7-10-25-21(17-22)8-11-27(30-25)31-14-12-29-13-15-31;1-19(2,3)26-18(25)22-10-8-21(9-11-22)16-7-5-13-12-14(17(23)24)4-6-15(13)20-16/h7-17,22-23H,18-21,24H2,1-6H3,(H,39,43);1-11,16-17,29H,12-15,18,28H2;4-7,12H,8-11H2,1-3H3,(H,23,24). The van der Waals surface area contributed by atoms with Crippen molar-refractivity contribution in [3.05, 3.63) is 216 Å². The SMILES string of the molecule is CC(C)(C)OC(=O)N1CCN(c2ccc3cc(C(=O)O)ccc3n2)CC1.CC(C)(C)OC(=O)Nc1ccc(-c2ccccc2)cc1CC(=O)c1ccc2nc(N3CCN(C(=O)OC(C)(C)C)CC3)ccc2c1.Nc1ccc(-c2ccccc2)cc1CC(=O)c1ccc2nc(N3CCNCC3)ccc2c1. The van der Waals surface area contributed by atoms with Gasteiger partial charge in [-0.25, -0.2) is 34.1 Å². The lowest BCUT2D eigenvalue weighted by Gasteiger charge is -2.36. The van der Waals surface area contributed by atoms with Gasteiger partial charge in [0.25, 0.3) is 0 Å². The number of aromatic nitrogens is 3. The van der Waals surface area contributed by atoms with Crippen molar-refractivity contribution >= 4 is 97.4 Å². The van der Waals surface area contributed by atoms with Gasteiger partial charge in [-0.15, -0.1) is 0 Å². The summed E-state index contributed by atoms with van der Waals surface area (Å²) >= 11 is 0. The molecular weight excluding hydrogens is 1310 g/mol. The van der Waals surface area contributed by atoms with Gasteiger partial charge in [0, 0.05) is 130 Å². The average molecular weight is 1400 g/mol. The van der Waals surface area contributed by atoms with Crippen molar-refractivity contribution in [2.75, 3.05) is 104 Å². The lowest BCUT2D eigenvalue weighted by Crippen LogP contribution is -2.50. The topological polar surface area (TPSA) is 255 Å². The van der Waals surface area contributed by atoms with Crippen LogP contribution in [0, 0.1) is 0 Å². The third-order valence-electron chi connectivity index (χ3n) is 17.7. The van der Waals surface area contributed by atoms with Gasteiger partial charge in [-0.3, -0.25) is 14.9 Å². The van der Waals surface area contributed by atoms with Crippen molar-refractivity contribution in [3.8, 4) is 22.3 Å². The van der Waals surface area contributed by atoms with E-state index in [1.807, 2.05) is 187 Å². The summed E-state index contributed by atoms with van der Waals surface area (Å²) in [6.07, 6.45) is -0.803. The molecule has 21 nitrogen and oxygen atoms in total. The smallest absolute Gasteiger partial charge is 0.412 e. The van der Waals surface area contributed by atoms with Crippen LogP contribution in [0.3, 0.4) is 0 Å². The molecule has 3 aliphatic heterocycles. The Bertz CT molecular complexity index is 4760. The van der Waals surface area contributed by atoms with Gasteiger partial charge in [-0.1, -0.05) is 72.8 Å². The number of carbonyl (C=O) groups is 6. The van der Waals surface area contributed by atoms with Crippen LogP contribution < -0.4 is 31.1 Å². The van der Waals surface area contributed by atoms with Crippen molar-refractivity contribution in [1.29, 1.82) is 0 Å². The molecule has 0 unspecified atom stereocenters. The largest absolute Gasteiger partial charge is 0.478 e. The average Bonchev–Trinajstić information content (AvgIpc) is 0.805. The molecule has 0 radical (unpaired) electrons. The zero-order valence-corrected chi connectivity index (χ0v) is 60.6. The number of hydrogen-bond donors (Lipinski definition) is 4. The molecule has 0 bridgehead atoms. The Morgan fingerprint density at radius 1 is 0.423 bits per heavy atom. The number of ketones is 2. The van der Waals surface area contributed by atoms with Crippen LogP contribution in [-0.2, 0) is 27.1 Å². The number of nitrogens with zero attached hydrogens (tertiary/aromatic N) is 8. The van der Waals surface area contributed by atoms with Gasteiger partial charge in [-0.2, -0.15) is 0 Å². The number of anilines is 5. The number of nitrogen functional groups attached to an aromatic ring is 1. The highest BCUT2D eigenvalue weighted by molar-refractivity contribution is 6.03. The van der Waals surface area contributed by atoms with Crippen LogP contribution in [-0.4, -0.2) is 161 Å². The van der Waals surface area contributed by atoms with E-state index in [0.29, 0.717) is 80.4 Å². The van der Waals surface area contributed by atoms with E-state index in [1.165, 1.54) is 0 Å². The summed E-state index contributed by atoms with van der Waals surface area (Å²) in [6, 6.07) is 59.5. The Hall–Kier alpha value is -11.5. The number of fused-ring (bicyclic) bond motifs is 3. The maximum Gasteiger partial charge on any atom is 0.412 e. The normalized spacial score (nSPS) is 14.2. The van der Waals surface area contributed by atoms with Gasteiger partial charge in [0.05, 0.1) is 22.1 Å². The third kappa shape index (κ3) is 19.8. The first-order chi connectivity index (χ1) is 49.6. The summed E-state index contributed by atoms with van der Waals surface area (Å²) in [5.74, 6) is 1.66. The van der Waals surface area contributed by atoms with Crippen LogP contribution >= 0.6 is 0 Å². The Kier molecular flexibility index (Phi) is 22.9. The molecule has 0 atom stereocenters. The van der Waals surface area contributed by atoms with Crippen LogP contribution in [0.15, 0.2) is 188 Å². The number of ether oxygens (including phenoxy) is 3. The highest BCUT2D eigenvalue weighted by atomic mass is 16.6.